The van der Waals surface area contributed by atoms with E-state index in [1.54, 1.807) is 0 Å². The highest BCUT2D eigenvalue weighted by atomic mass is 35.5. The number of anilines is 1. The van der Waals surface area contributed by atoms with Crippen LogP contribution in [0.5, 0.6) is 0 Å². The fourth-order valence-corrected chi connectivity index (χ4v) is 3.20. The summed E-state index contributed by atoms with van der Waals surface area (Å²) in [7, 11) is 0. The first-order valence-corrected chi connectivity index (χ1v) is 9.37. The van der Waals surface area contributed by atoms with Gasteiger partial charge in [0.25, 0.3) is 0 Å². The number of carbonyl (C=O) groups excluding carboxylic acids is 1. The van der Waals surface area contributed by atoms with Crippen molar-refractivity contribution in [3.8, 4) is 0 Å². The lowest BCUT2D eigenvalue weighted by Crippen LogP contribution is -2.52. The number of carbonyl (C=O) groups is 1. The summed E-state index contributed by atoms with van der Waals surface area (Å²) in [5.74, 6) is 0.819. The van der Waals surface area contributed by atoms with Crippen LogP contribution in [0.3, 0.4) is 0 Å². The van der Waals surface area contributed by atoms with Crippen LogP contribution in [0.2, 0.25) is 5.02 Å². The van der Waals surface area contributed by atoms with Gasteiger partial charge in [0.15, 0.2) is 5.96 Å². The number of nitrogens with zero attached hydrogens (tertiary/aromatic N) is 3. The number of halogens is 1. The minimum atomic E-state index is 0.00704. The first kappa shape index (κ1) is 17.9. The van der Waals surface area contributed by atoms with Crippen LogP contribution in [-0.2, 0) is 4.79 Å². The zero-order chi connectivity index (χ0) is 17.6. The number of hydrogen-bond donors (Lipinski definition) is 2. The molecule has 1 aromatic rings. The number of piperazine rings is 1. The molecule has 2 N–H and O–H groups in total. The fourth-order valence-electron chi connectivity index (χ4n) is 2.94. The van der Waals surface area contributed by atoms with Gasteiger partial charge in [-0.15, -0.1) is 0 Å². The molecule has 7 heteroatoms. The number of aliphatic imine (C=N–C) groups is 1. The molecule has 0 radical (unpaired) electrons. The molecule has 1 amide bonds. The van der Waals surface area contributed by atoms with Crippen molar-refractivity contribution in [1.29, 1.82) is 0 Å². The third kappa shape index (κ3) is 5.01. The SMILES string of the molecule is CCNC(=NCC(=O)NC1CC1)N1CCN(c2ccccc2Cl)CC1. The van der Waals surface area contributed by atoms with Crippen LogP contribution in [0.4, 0.5) is 5.69 Å². The third-order valence-electron chi connectivity index (χ3n) is 4.42. The number of nitrogens with one attached hydrogen (secondary N) is 2. The smallest absolute Gasteiger partial charge is 0.242 e. The maximum Gasteiger partial charge on any atom is 0.242 e. The van der Waals surface area contributed by atoms with Crippen molar-refractivity contribution < 1.29 is 4.79 Å². The van der Waals surface area contributed by atoms with Crippen LogP contribution in [-0.4, -0.2) is 62.1 Å². The van der Waals surface area contributed by atoms with E-state index in [0.29, 0.717) is 6.04 Å². The Kier molecular flexibility index (Phi) is 6.02. The minimum Gasteiger partial charge on any atom is -0.367 e. The predicted octanol–water partition coefficient (Wildman–Crippen LogP) is 1.71. The normalized spacial score (nSPS) is 18.2. The summed E-state index contributed by atoms with van der Waals surface area (Å²) in [5.41, 5.74) is 1.08. The van der Waals surface area contributed by atoms with Gasteiger partial charge < -0.3 is 20.4 Å². The van der Waals surface area contributed by atoms with Gasteiger partial charge in [-0.25, -0.2) is 4.99 Å². The lowest BCUT2D eigenvalue weighted by Gasteiger charge is -2.38. The molecule has 0 unspecified atom stereocenters. The van der Waals surface area contributed by atoms with Crippen LogP contribution >= 0.6 is 11.6 Å². The van der Waals surface area contributed by atoms with Gasteiger partial charge in [-0.05, 0) is 31.9 Å². The first-order valence-electron chi connectivity index (χ1n) is 8.99. The number of para-hydroxylation sites is 1. The molecule has 136 valence electrons. The summed E-state index contributed by atoms with van der Waals surface area (Å²) in [5, 5.41) is 7.05. The van der Waals surface area contributed by atoms with Gasteiger partial charge in [-0.3, -0.25) is 4.79 Å². The molecule has 0 spiro atoms. The highest BCUT2D eigenvalue weighted by Crippen LogP contribution is 2.26. The molecular weight excluding hydrogens is 338 g/mol. The van der Waals surface area contributed by atoms with Gasteiger partial charge in [0.1, 0.15) is 6.54 Å². The second kappa shape index (κ2) is 8.43. The summed E-state index contributed by atoms with van der Waals surface area (Å²) in [4.78, 5) is 20.9. The Morgan fingerprint density at radius 3 is 2.60 bits per heavy atom. The zero-order valence-electron chi connectivity index (χ0n) is 14.7. The highest BCUT2D eigenvalue weighted by Gasteiger charge is 2.24. The number of hydrogen-bond acceptors (Lipinski definition) is 3. The standard InChI is InChI=1S/C18H26ClN5O/c1-2-20-18(21-13-17(25)22-14-7-8-14)24-11-9-23(10-12-24)16-6-4-3-5-15(16)19/h3-6,14H,2,7-13H2,1H3,(H,20,21)(H,22,25). The maximum absolute atomic E-state index is 11.9. The van der Waals surface area contributed by atoms with Crippen molar-refractivity contribution in [3.63, 3.8) is 0 Å². The molecule has 1 aliphatic heterocycles. The van der Waals surface area contributed by atoms with E-state index >= 15 is 0 Å². The Bertz CT molecular complexity index is 624. The monoisotopic (exact) mass is 363 g/mol. The summed E-state index contributed by atoms with van der Waals surface area (Å²) in [6.07, 6.45) is 2.19. The Labute approximate surface area is 154 Å². The quantitative estimate of drug-likeness (QED) is 0.617. The lowest BCUT2D eigenvalue weighted by molar-refractivity contribution is -0.119. The van der Waals surface area contributed by atoms with Crippen molar-refractivity contribution in [2.75, 3.05) is 44.2 Å². The lowest BCUT2D eigenvalue weighted by atomic mass is 10.2. The van der Waals surface area contributed by atoms with E-state index in [0.717, 1.165) is 62.2 Å². The second-order valence-corrected chi connectivity index (χ2v) is 6.84. The summed E-state index contributed by atoms with van der Waals surface area (Å²) in [6, 6.07) is 8.32. The molecule has 1 aliphatic carbocycles. The minimum absolute atomic E-state index is 0.00704. The Morgan fingerprint density at radius 2 is 1.96 bits per heavy atom. The van der Waals surface area contributed by atoms with E-state index in [4.69, 9.17) is 11.6 Å². The Hall–Kier alpha value is -1.95. The van der Waals surface area contributed by atoms with Crippen molar-refractivity contribution in [1.82, 2.24) is 15.5 Å². The molecule has 1 saturated carbocycles. The third-order valence-corrected chi connectivity index (χ3v) is 4.74. The highest BCUT2D eigenvalue weighted by molar-refractivity contribution is 6.33. The van der Waals surface area contributed by atoms with Crippen LogP contribution in [0.25, 0.3) is 0 Å². The molecule has 2 fully saturated rings. The Balaban J connectivity index is 1.56. The largest absolute Gasteiger partial charge is 0.367 e. The number of guanidine groups is 1. The molecule has 1 heterocycles. The van der Waals surface area contributed by atoms with Crippen LogP contribution in [0.15, 0.2) is 29.3 Å². The van der Waals surface area contributed by atoms with Crippen molar-refractivity contribution in [3.05, 3.63) is 29.3 Å². The topological polar surface area (TPSA) is 60.0 Å². The average Bonchev–Trinajstić information content (AvgIpc) is 3.43. The van der Waals surface area contributed by atoms with Gasteiger partial charge >= 0.3 is 0 Å². The molecule has 0 aromatic heterocycles. The molecule has 1 aromatic carbocycles. The van der Waals surface area contributed by atoms with Crippen LogP contribution < -0.4 is 15.5 Å². The summed E-state index contributed by atoms with van der Waals surface area (Å²) in [6.45, 7) is 6.46. The Morgan fingerprint density at radius 1 is 1.24 bits per heavy atom. The van der Waals surface area contributed by atoms with Crippen molar-refractivity contribution in [2.24, 2.45) is 4.99 Å². The van der Waals surface area contributed by atoms with Gasteiger partial charge in [0.05, 0.1) is 10.7 Å². The molecule has 25 heavy (non-hydrogen) atoms. The second-order valence-electron chi connectivity index (χ2n) is 6.44. The predicted molar refractivity (Wildman–Crippen MR) is 102 cm³/mol. The van der Waals surface area contributed by atoms with Crippen LogP contribution in [0, 0.1) is 0 Å². The number of benzene rings is 1. The van der Waals surface area contributed by atoms with Gasteiger partial charge in [0.2, 0.25) is 5.91 Å². The van der Waals surface area contributed by atoms with E-state index in [2.05, 4.69) is 31.5 Å². The van der Waals surface area contributed by atoms with E-state index in [1.165, 1.54) is 0 Å². The molecule has 1 saturated heterocycles. The van der Waals surface area contributed by atoms with Gasteiger partial charge in [0, 0.05) is 38.8 Å². The number of rotatable bonds is 5. The molecule has 3 rings (SSSR count). The summed E-state index contributed by atoms with van der Waals surface area (Å²) >= 11 is 6.30. The van der Waals surface area contributed by atoms with E-state index in [9.17, 15) is 4.79 Å². The summed E-state index contributed by atoms with van der Waals surface area (Å²) < 4.78 is 0. The van der Waals surface area contributed by atoms with Gasteiger partial charge in [-0.1, -0.05) is 23.7 Å². The van der Waals surface area contributed by atoms with Crippen molar-refractivity contribution >= 4 is 29.2 Å². The van der Waals surface area contributed by atoms with E-state index < -0.39 is 0 Å². The molecular formula is C18H26ClN5O. The first-order chi connectivity index (χ1) is 12.2. The molecule has 6 nitrogen and oxygen atoms in total. The maximum atomic E-state index is 11.9. The average molecular weight is 364 g/mol. The van der Waals surface area contributed by atoms with E-state index in [1.807, 2.05) is 25.1 Å². The number of amides is 1. The van der Waals surface area contributed by atoms with Gasteiger partial charge in [-0.2, -0.15) is 0 Å². The van der Waals surface area contributed by atoms with E-state index in [-0.39, 0.29) is 12.5 Å². The molecule has 0 bridgehead atoms. The fraction of sp³-hybridized carbons (Fsp3) is 0.556. The van der Waals surface area contributed by atoms with Crippen molar-refractivity contribution in [2.45, 2.75) is 25.8 Å². The zero-order valence-corrected chi connectivity index (χ0v) is 15.4. The van der Waals surface area contributed by atoms with Crippen LogP contribution in [0.1, 0.15) is 19.8 Å². The molecule has 2 aliphatic rings. The molecule has 0 atom stereocenters.